The molecule has 0 aromatic heterocycles. The van der Waals surface area contributed by atoms with Crippen molar-refractivity contribution >= 4 is 17.9 Å². The minimum atomic E-state index is -0.790. The van der Waals surface area contributed by atoms with Crippen molar-refractivity contribution in [1.82, 2.24) is 0 Å². The van der Waals surface area contributed by atoms with Gasteiger partial charge in [0.05, 0.1) is 0 Å². The van der Waals surface area contributed by atoms with Crippen molar-refractivity contribution in [3.8, 4) is 0 Å². The van der Waals surface area contributed by atoms with Gasteiger partial charge in [-0.2, -0.15) is 0 Å². The molecule has 0 aliphatic heterocycles. The van der Waals surface area contributed by atoms with Gasteiger partial charge < -0.3 is 14.2 Å². The Balaban J connectivity index is 4.28. The van der Waals surface area contributed by atoms with Gasteiger partial charge in [-0.25, -0.2) is 0 Å². The van der Waals surface area contributed by atoms with Crippen molar-refractivity contribution in [3.05, 3.63) is 109 Å². The Kier molecular flexibility index (Phi) is 62.3. The summed E-state index contributed by atoms with van der Waals surface area (Å²) in [6, 6.07) is 0. The molecule has 0 amide bonds. The lowest BCUT2D eigenvalue weighted by Crippen LogP contribution is -2.30. The Morgan fingerprint density at radius 3 is 0.808 bits per heavy atom. The molecule has 0 aromatic carbocycles. The summed E-state index contributed by atoms with van der Waals surface area (Å²) in [7, 11) is 0. The molecule has 0 aliphatic rings. The highest BCUT2D eigenvalue weighted by molar-refractivity contribution is 5.71. The topological polar surface area (TPSA) is 78.9 Å². The summed E-state index contributed by atoms with van der Waals surface area (Å²) < 4.78 is 16.9. The lowest BCUT2D eigenvalue weighted by atomic mass is 10.1. The molecule has 0 radical (unpaired) electrons. The number of carbonyl (C=O) groups excluding carboxylic acids is 3. The van der Waals surface area contributed by atoms with Gasteiger partial charge >= 0.3 is 17.9 Å². The summed E-state index contributed by atoms with van der Waals surface area (Å²) in [5.41, 5.74) is 0. The third-order valence-corrected chi connectivity index (χ3v) is 14.0. The number of ether oxygens (including phenoxy) is 3. The molecule has 0 saturated heterocycles. The van der Waals surface area contributed by atoms with Gasteiger partial charge in [-0.15, -0.1) is 0 Å². The molecule has 0 bridgehead atoms. The fourth-order valence-electron chi connectivity index (χ4n) is 9.06. The van der Waals surface area contributed by atoms with Crippen LogP contribution in [0.4, 0.5) is 0 Å². The van der Waals surface area contributed by atoms with E-state index in [4.69, 9.17) is 14.2 Å². The van der Waals surface area contributed by atoms with Crippen LogP contribution in [0.1, 0.15) is 310 Å². The SMILES string of the molecule is CC/C=C\C/C=C\C/C=C\C/C=C\C/C=C\C/C=C\C/C=C\CCCCCCCCCCCC(=O)OCC(COC(=O)CCCCCCC/C=C\CCCCCC)OC(=O)CCCCCCC/C=C\CCCCCCCCC. The molecule has 0 fully saturated rings. The van der Waals surface area contributed by atoms with Gasteiger partial charge in [0, 0.05) is 19.3 Å². The predicted octanol–water partition coefficient (Wildman–Crippen LogP) is 22.6. The third kappa shape index (κ3) is 62.9. The van der Waals surface area contributed by atoms with Crippen molar-refractivity contribution in [2.75, 3.05) is 13.2 Å². The first-order valence-corrected chi connectivity index (χ1v) is 32.9. The Bertz CT molecular complexity index is 1570. The lowest BCUT2D eigenvalue weighted by Gasteiger charge is -2.18. The highest BCUT2D eigenvalue weighted by Crippen LogP contribution is 2.15. The standard InChI is InChI=1S/C72H122O6/c1-4-7-10-13-16-19-22-25-27-29-30-31-32-33-34-35-36-37-38-39-40-41-42-43-45-47-50-53-56-59-62-65-71(74)77-68-69(67-76-70(73)64-61-58-55-52-49-46-24-21-18-15-12-9-6-3)78-72(75)66-63-60-57-54-51-48-44-28-26-23-20-17-14-11-8-5-2/h7,10,16,19,21,24-25,27-28,30-31,33-34,36-37,39-40,44,69H,4-6,8-9,11-15,17-18,20,22-23,26,29,32,35,38,41-43,45-68H2,1-3H3/b10-7-,19-16-,24-21-,27-25-,31-30-,34-33-,37-36-,40-39-,44-28-. The van der Waals surface area contributed by atoms with Gasteiger partial charge in [0.25, 0.3) is 0 Å². The zero-order valence-electron chi connectivity index (χ0n) is 51.2. The van der Waals surface area contributed by atoms with Crippen molar-refractivity contribution in [1.29, 1.82) is 0 Å². The normalized spacial score (nSPS) is 12.8. The molecule has 1 atom stereocenters. The van der Waals surface area contributed by atoms with Crippen LogP contribution in [-0.4, -0.2) is 37.2 Å². The van der Waals surface area contributed by atoms with Crippen molar-refractivity contribution in [2.45, 2.75) is 316 Å². The first-order chi connectivity index (χ1) is 38.5. The average Bonchev–Trinajstić information content (AvgIpc) is 3.44. The van der Waals surface area contributed by atoms with Crippen LogP contribution in [0.25, 0.3) is 0 Å². The van der Waals surface area contributed by atoms with Gasteiger partial charge in [0.2, 0.25) is 0 Å². The smallest absolute Gasteiger partial charge is 0.306 e. The predicted molar refractivity (Wildman–Crippen MR) is 339 cm³/mol. The molecular formula is C72H122O6. The zero-order valence-corrected chi connectivity index (χ0v) is 51.2. The largest absolute Gasteiger partial charge is 0.462 e. The maximum atomic E-state index is 12.9. The van der Waals surface area contributed by atoms with Crippen LogP contribution in [0.15, 0.2) is 109 Å². The number of esters is 3. The van der Waals surface area contributed by atoms with E-state index >= 15 is 0 Å². The van der Waals surface area contributed by atoms with Crippen LogP contribution in [-0.2, 0) is 28.6 Å². The fraction of sp³-hybridized carbons (Fsp3) is 0.708. The quantitative estimate of drug-likeness (QED) is 0.0261. The highest BCUT2D eigenvalue weighted by Gasteiger charge is 2.19. The van der Waals surface area contributed by atoms with Crippen LogP contribution in [0.2, 0.25) is 0 Å². The Morgan fingerprint density at radius 2 is 0.500 bits per heavy atom. The van der Waals surface area contributed by atoms with E-state index in [0.29, 0.717) is 19.3 Å². The van der Waals surface area contributed by atoms with Gasteiger partial charge in [-0.3, -0.25) is 14.4 Å². The number of hydrogen-bond donors (Lipinski definition) is 0. The molecule has 0 saturated carbocycles. The first-order valence-electron chi connectivity index (χ1n) is 32.9. The van der Waals surface area contributed by atoms with Crippen molar-refractivity contribution in [2.24, 2.45) is 0 Å². The second-order valence-corrected chi connectivity index (χ2v) is 21.6. The Morgan fingerprint density at radius 1 is 0.269 bits per heavy atom. The maximum Gasteiger partial charge on any atom is 0.306 e. The van der Waals surface area contributed by atoms with Gasteiger partial charge in [0.15, 0.2) is 6.10 Å². The maximum absolute atomic E-state index is 12.9. The number of carbonyl (C=O) groups is 3. The number of hydrogen-bond acceptors (Lipinski definition) is 6. The molecule has 0 heterocycles. The number of allylic oxidation sites excluding steroid dienone is 18. The van der Waals surface area contributed by atoms with Crippen LogP contribution in [0.5, 0.6) is 0 Å². The molecule has 1 unspecified atom stereocenters. The summed E-state index contributed by atoms with van der Waals surface area (Å²) in [5.74, 6) is -0.901. The molecular weight excluding hydrogens is 961 g/mol. The van der Waals surface area contributed by atoms with E-state index in [2.05, 4.69) is 130 Å². The summed E-state index contributed by atoms with van der Waals surface area (Å²) >= 11 is 0. The molecule has 0 spiro atoms. The summed E-state index contributed by atoms with van der Waals surface area (Å²) in [6.07, 6.45) is 89.5. The molecule has 0 rings (SSSR count). The molecule has 446 valence electrons. The van der Waals surface area contributed by atoms with Gasteiger partial charge in [-0.1, -0.05) is 271 Å². The van der Waals surface area contributed by atoms with E-state index in [-0.39, 0.29) is 31.1 Å². The third-order valence-electron chi connectivity index (χ3n) is 14.0. The second-order valence-electron chi connectivity index (χ2n) is 21.6. The molecule has 0 aromatic rings. The summed E-state index contributed by atoms with van der Waals surface area (Å²) in [4.78, 5) is 38.3. The second kappa shape index (κ2) is 65.6. The van der Waals surface area contributed by atoms with Crippen molar-refractivity contribution in [3.63, 3.8) is 0 Å². The first kappa shape index (κ1) is 74.1. The number of unbranched alkanes of at least 4 members (excludes halogenated alkanes) is 30. The van der Waals surface area contributed by atoms with Crippen LogP contribution in [0, 0.1) is 0 Å². The van der Waals surface area contributed by atoms with Crippen molar-refractivity contribution < 1.29 is 28.6 Å². The Hall–Kier alpha value is -3.93. The van der Waals surface area contributed by atoms with Gasteiger partial charge in [-0.05, 0) is 128 Å². The lowest BCUT2D eigenvalue weighted by molar-refractivity contribution is -0.167. The van der Waals surface area contributed by atoms with E-state index in [9.17, 15) is 14.4 Å². The van der Waals surface area contributed by atoms with Crippen LogP contribution < -0.4 is 0 Å². The monoisotopic (exact) mass is 1080 g/mol. The van der Waals surface area contributed by atoms with E-state index < -0.39 is 6.10 Å². The minimum Gasteiger partial charge on any atom is -0.462 e. The van der Waals surface area contributed by atoms with E-state index in [1.807, 2.05) is 0 Å². The summed E-state index contributed by atoms with van der Waals surface area (Å²) in [5, 5.41) is 0. The Labute approximate surface area is 482 Å². The van der Waals surface area contributed by atoms with Crippen LogP contribution in [0.3, 0.4) is 0 Å². The number of rotatable bonds is 59. The molecule has 78 heavy (non-hydrogen) atoms. The molecule has 6 nitrogen and oxygen atoms in total. The molecule has 6 heteroatoms. The minimum absolute atomic E-state index is 0.0864. The molecule has 0 aliphatic carbocycles. The van der Waals surface area contributed by atoms with Gasteiger partial charge in [0.1, 0.15) is 13.2 Å². The molecule has 0 N–H and O–H groups in total. The zero-order chi connectivity index (χ0) is 56.4. The average molecular weight is 1080 g/mol. The fourth-order valence-corrected chi connectivity index (χ4v) is 9.06. The van der Waals surface area contributed by atoms with E-state index in [1.54, 1.807) is 0 Å². The summed E-state index contributed by atoms with van der Waals surface area (Å²) in [6.45, 7) is 6.51. The van der Waals surface area contributed by atoms with E-state index in [0.717, 1.165) is 128 Å². The van der Waals surface area contributed by atoms with Crippen LogP contribution >= 0.6 is 0 Å². The highest BCUT2D eigenvalue weighted by atomic mass is 16.6. The van der Waals surface area contributed by atoms with E-state index in [1.165, 1.54) is 141 Å².